The number of ether oxygens (including phenoxy) is 3. The highest BCUT2D eigenvalue weighted by atomic mass is 32.2. The number of methoxy groups -OCH3 is 2. The molecule has 1 heterocycles. The SMILES string of the molecule is COc1ccc(OC)c(S(=O)(=O)N2CCN(C[C@H](O)COc3ccc(C(C)(C)C)cc3)CC2)c1. The first-order valence-corrected chi connectivity index (χ1v) is 12.8. The van der Waals surface area contributed by atoms with Gasteiger partial charge in [-0.3, -0.25) is 4.90 Å². The molecule has 34 heavy (non-hydrogen) atoms. The largest absolute Gasteiger partial charge is 0.497 e. The first-order valence-electron chi connectivity index (χ1n) is 11.4. The molecule has 9 heteroatoms. The van der Waals surface area contributed by atoms with E-state index in [1.807, 2.05) is 29.2 Å². The smallest absolute Gasteiger partial charge is 0.246 e. The third-order valence-electron chi connectivity index (χ3n) is 5.95. The fraction of sp³-hybridized carbons (Fsp3) is 0.520. The van der Waals surface area contributed by atoms with Crippen molar-refractivity contribution < 1.29 is 27.7 Å². The van der Waals surface area contributed by atoms with Crippen LogP contribution in [0.1, 0.15) is 26.3 Å². The van der Waals surface area contributed by atoms with Crippen molar-refractivity contribution in [2.75, 3.05) is 53.6 Å². The number of β-amino-alcohol motifs (C(OH)–C–C–N with tert-alkyl or cyclic N) is 1. The van der Waals surface area contributed by atoms with Gasteiger partial charge >= 0.3 is 0 Å². The Bertz CT molecular complexity index is 1040. The Kier molecular flexibility index (Phi) is 8.46. The number of sulfonamides is 1. The van der Waals surface area contributed by atoms with Crippen LogP contribution in [0, 0.1) is 0 Å². The van der Waals surface area contributed by atoms with Gasteiger partial charge in [-0.05, 0) is 35.2 Å². The molecule has 2 aromatic rings. The summed E-state index contributed by atoms with van der Waals surface area (Å²) in [5.74, 6) is 1.45. The van der Waals surface area contributed by atoms with E-state index in [2.05, 4.69) is 20.8 Å². The molecule has 3 rings (SSSR count). The topological polar surface area (TPSA) is 88.5 Å². The monoisotopic (exact) mass is 492 g/mol. The molecule has 1 fully saturated rings. The molecule has 0 saturated carbocycles. The Labute approximate surface area is 203 Å². The van der Waals surface area contributed by atoms with Crippen molar-refractivity contribution in [1.29, 1.82) is 0 Å². The van der Waals surface area contributed by atoms with E-state index in [-0.39, 0.29) is 22.7 Å². The van der Waals surface area contributed by atoms with Crippen LogP contribution < -0.4 is 14.2 Å². The van der Waals surface area contributed by atoms with Crippen molar-refractivity contribution in [3.05, 3.63) is 48.0 Å². The molecule has 0 aromatic heterocycles. The quantitative estimate of drug-likeness (QED) is 0.576. The molecular weight excluding hydrogens is 456 g/mol. The van der Waals surface area contributed by atoms with Crippen molar-refractivity contribution in [3.8, 4) is 17.2 Å². The lowest BCUT2D eigenvalue weighted by molar-refractivity contribution is 0.0569. The van der Waals surface area contributed by atoms with Crippen LogP contribution in [0.5, 0.6) is 17.2 Å². The van der Waals surface area contributed by atoms with Crippen molar-refractivity contribution in [2.24, 2.45) is 0 Å². The molecule has 1 aliphatic rings. The third kappa shape index (κ3) is 6.41. The summed E-state index contributed by atoms with van der Waals surface area (Å²) in [6.45, 7) is 8.74. The molecule has 1 saturated heterocycles. The lowest BCUT2D eigenvalue weighted by atomic mass is 9.87. The van der Waals surface area contributed by atoms with Gasteiger partial charge in [-0.1, -0.05) is 32.9 Å². The van der Waals surface area contributed by atoms with Crippen LogP contribution >= 0.6 is 0 Å². The molecule has 0 aliphatic carbocycles. The van der Waals surface area contributed by atoms with Gasteiger partial charge in [0.05, 0.1) is 14.2 Å². The van der Waals surface area contributed by atoms with Crippen molar-refractivity contribution in [2.45, 2.75) is 37.2 Å². The van der Waals surface area contributed by atoms with Gasteiger partial charge in [-0.25, -0.2) is 8.42 Å². The van der Waals surface area contributed by atoms with E-state index in [1.54, 1.807) is 12.1 Å². The Morgan fingerprint density at radius 1 is 0.941 bits per heavy atom. The molecule has 8 nitrogen and oxygen atoms in total. The van der Waals surface area contributed by atoms with Gasteiger partial charge in [0, 0.05) is 38.8 Å². The van der Waals surface area contributed by atoms with Crippen LogP contribution in [0.4, 0.5) is 0 Å². The van der Waals surface area contributed by atoms with Crippen molar-refractivity contribution in [3.63, 3.8) is 0 Å². The molecular formula is C25H36N2O6S. The van der Waals surface area contributed by atoms with Crippen molar-refractivity contribution >= 4 is 10.0 Å². The first-order chi connectivity index (χ1) is 16.0. The predicted molar refractivity (Wildman–Crippen MR) is 131 cm³/mol. The molecule has 0 bridgehead atoms. The zero-order chi connectivity index (χ0) is 24.9. The number of aliphatic hydroxyl groups excluding tert-OH is 1. The molecule has 1 N–H and O–H groups in total. The average molecular weight is 493 g/mol. The summed E-state index contributed by atoms with van der Waals surface area (Å²) in [4.78, 5) is 2.14. The van der Waals surface area contributed by atoms with Crippen LogP contribution in [0.3, 0.4) is 0 Å². The molecule has 1 atom stereocenters. The maximum atomic E-state index is 13.2. The molecule has 0 spiro atoms. The van der Waals surface area contributed by atoms with Gasteiger partial charge in [0.2, 0.25) is 10.0 Å². The fourth-order valence-corrected chi connectivity index (χ4v) is 5.46. The van der Waals surface area contributed by atoms with Crippen LogP contribution in [-0.4, -0.2) is 82.4 Å². The number of piperazine rings is 1. The zero-order valence-corrected chi connectivity index (χ0v) is 21.5. The summed E-state index contributed by atoms with van der Waals surface area (Å²) < 4.78 is 44.1. The number of hydrogen-bond donors (Lipinski definition) is 1. The third-order valence-corrected chi connectivity index (χ3v) is 7.87. The van der Waals surface area contributed by atoms with Crippen LogP contribution in [0.15, 0.2) is 47.4 Å². The first kappa shape index (κ1) is 26.3. The second-order valence-corrected chi connectivity index (χ2v) is 11.4. The molecule has 0 amide bonds. The maximum Gasteiger partial charge on any atom is 0.246 e. The lowest BCUT2D eigenvalue weighted by Crippen LogP contribution is -2.50. The summed E-state index contributed by atoms with van der Waals surface area (Å²) in [6, 6.07) is 12.7. The summed E-state index contributed by atoms with van der Waals surface area (Å²) in [6.07, 6.45) is -0.677. The molecule has 0 unspecified atom stereocenters. The maximum absolute atomic E-state index is 13.2. The standard InChI is InChI=1S/C25H36N2O6S/c1-25(2,3)19-6-8-21(9-7-19)33-18-20(28)17-26-12-14-27(15-13-26)34(29,30)24-16-22(31-4)10-11-23(24)32-5/h6-11,16,20,28H,12-15,17-18H2,1-5H3/t20-/m0/s1. The minimum absolute atomic E-state index is 0.0748. The Morgan fingerprint density at radius 2 is 1.56 bits per heavy atom. The van der Waals surface area contributed by atoms with Gasteiger partial charge in [0.25, 0.3) is 0 Å². The number of nitrogens with zero attached hydrogens (tertiary/aromatic N) is 2. The van der Waals surface area contributed by atoms with Crippen LogP contribution in [0.2, 0.25) is 0 Å². The van der Waals surface area contributed by atoms with Gasteiger partial charge in [0.15, 0.2) is 0 Å². The van der Waals surface area contributed by atoms with Crippen LogP contribution in [-0.2, 0) is 15.4 Å². The number of rotatable bonds is 9. The summed E-state index contributed by atoms with van der Waals surface area (Å²) >= 11 is 0. The highest BCUT2D eigenvalue weighted by Gasteiger charge is 2.31. The van der Waals surface area contributed by atoms with E-state index in [1.165, 1.54) is 30.2 Å². The van der Waals surface area contributed by atoms with Gasteiger partial charge in [0.1, 0.15) is 34.9 Å². The number of hydrogen-bond acceptors (Lipinski definition) is 7. The van der Waals surface area contributed by atoms with E-state index in [0.29, 0.717) is 38.5 Å². The van der Waals surface area contributed by atoms with Gasteiger partial charge in [-0.15, -0.1) is 0 Å². The van der Waals surface area contributed by atoms with Crippen LogP contribution in [0.25, 0.3) is 0 Å². The molecule has 0 radical (unpaired) electrons. The lowest BCUT2D eigenvalue weighted by Gasteiger charge is -2.35. The minimum Gasteiger partial charge on any atom is -0.497 e. The highest BCUT2D eigenvalue weighted by molar-refractivity contribution is 7.89. The highest BCUT2D eigenvalue weighted by Crippen LogP contribution is 2.31. The predicted octanol–water partition coefficient (Wildman–Crippen LogP) is 2.75. The average Bonchev–Trinajstić information content (AvgIpc) is 2.82. The van der Waals surface area contributed by atoms with E-state index in [9.17, 15) is 13.5 Å². The van der Waals surface area contributed by atoms with E-state index >= 15 is 0 Å². The van der Waals surface area contributed by atoms with Gasteiger partial charge in [-0.2, -0.15) is 4.31 Å². The normalized spacial score (nSPS) is 16.8. The fourth-order valence-electron chi connectivity index (χ4n) is 3.87. The second kappa shape index (κ2) is 10.9. The molecule has 2 aromatic carbocycles. The Morgan fingerprint density at radius 3 is 2.12 bits per heavy atom. The van der Waals surface area contributed by atoms with E-state index in [4.69, 9.17) is 14.2 Å². The van der Waals surface area contributed by atoms with E-state index < -0.39 is 16.1 Å². The van der Waals surface area contributed by atoms with E-state index in [0.717, 1.165) is 5.75 Å². The number of benzene rings is 2. The summed E-state index contributed by atoms with van der Waals surface area (Å²) in [7, 11) is -0.797. The van der Waals surface area contributed by atoms with Crippen molar-refractivity contribution in [1.82, 2.24) is 9.21 Å². The number of aliphatic hydroxyl groups is 1. The Hall–Kier alpha value is -2.33. The summed E-state index contributed by atoms with van der Waals surface area (Å²) in [5.41, 5.74) is 1.30. The summed E-state index contributed by atoms with van der Waals surface area (Å²) in [5, 5.41) is 10.4. The van der Waals surface area contributed by atoms with Gasteiger partial charge < -0.3 is 19.3 Å². The Balaban J connectivity index is 1.52. The second-order valence-electron chi connectivity index (χ2n) is 9.46. The molecule has 1 aliphatic heterocycles. The minimum atomic E-state index is -3.74. The zero-order valence-electron chi connectivity index (χ0n) is 20.7. The molecule has 188 valence electrons.